The topological polar surface area (TPSA) is 81.4 Å². The van der Waals surface area contributed by atoms with Gasteiger partial charge in [-0.1, -0.05) is 41.6 Å². The number of rotatable bonds is 5. The summed E-state index contributed by atoms with van der Waals surface area (Å²) in [6, 6.07) is 15.2. The summed E-state index contributed by atoms with van der Waals surface area (Å²) in [6.45, 7) is 1.27. The van der Waals surface area contributed by atoms with Gasteiger partial charge in [0.05, 0.1) is 0 Å². The van der Waals surface area contributed by atoms with Crippen molar-refractivity contribution in [2.24, 2.45) is 0 Å². The second-order valence-electron chi connectivity index (χ2n) is 6.80. The summed E-state index contributed by atoms with van der Waals surface area (Å²) in [6.07, 6.45) is 2.69. The highest BCUT2D eigenvalue weighted by Crippen LogP contribution is 2.30. The number of likely N-dealkylation sites (tertiary alicyclic amines) is 1. The Hall–Kier alpha value is -3.06. The summed E-state index contributed by atoms with van der Waals surface area (Å²) < 4.78 is 10.9. The average molecular weight is 378 g/mol. The van der Waals surface area contributed by atoms with Crippen molar-refractivity contribution in [3.63, 3.8) is 0 Å². The van der Waals surface area contributed by atoms with E-state index >= 15 is 0 Å². The molecule has 1 saturated heterocycles. The van der Waals surface area contributed by atoms with Crippen molar-refractivity contribution in [3.8, 4) is 11.5 Å². The van der Waals surface area contributed by atoms with E-state index in [2.05, 4.69) is 15.1 Å². The molecule has 0 radical (unpaired) electrons. The van der Waals surface area contributed by atoms with Gasteiger partial charge in [-0.05, 0) is 30.5 Å². The lowest BCUT2D eigenvalue weighted by molar-refractivity contribution is -0.143. The first-order chi connectivity index (χ1) is 13.8. The largest absolute Gasteiger partial charge is 0.367 e. The number of aromatic nitrogens is 3. The predicted octanol–water partition coefficient (Wildman–Crippen LogP) is 3.23. The maximum absolute atomic E-state index is 12.9. The molecule has 3 aromatic rings. The molecule has 0 saturated carbocycles. The van der Waals surface area contributed by atoms with Crippen molar-refractivity contribution in [1.82, 2.24) is 20.0 Å². The molecule has 1 fully saturated rings. The molecule has 1 aromatic carbocycles. The Balaban J connectivity index is 1.39. The number of carbonyl (C=O) groups excluding carboxylic acids is 1. The molecule has 0 bridgehead atoms. The minimum atomic E-state index is -0.572. The fourth-order valence-electron chi connectivity index (χ4n) is 3.52. The SMILES string of the molecule is CO[C@@H](C(=O)N1CCC(c2nc(-c3ccccn3)no2)CC1)c1ccccc1. The first-order valence-electron chi connectivity index (χ1n) is 9.38. The number of piperidine rings is 1. The van der Waals surface area contributed by atoms with Gasteiger partial charge in [0, 0.05) is 32.3 Å². The lowest BCUT2D eigenvalue weighted by atomic mass is 9.96. The Morgan fingerprint density at radius 1 is 1.14 bits per heavy atom. The van der Waals surface area contributed by atoms with E-state index < -0.39 is 6.10 Å². The predicted molar refractivity (Wildman–Crippen MR) is 102 cm³/mol. The smallest absolute Gasteiger partial charge is 0.256 e. The molecule has 7 nitrogen and oxygen atoms in total. The number of nitrogens with zero attached hydrogens (tertiary/aromatic N) is 4. The molecule has 2 aromatic heterocycles. The Morgan fingerprint density at radius 3 is 2.57 bits per heavy atom. The van der Waals surface area contributed by atoms with E-state index in [-0.39, 0.29) is 11.8 Å². The summed E-state index contributed by atoms with van der Waals surface area (Å²) in [5.41, 5.74) is 1.56. The molecule has 1 aliphatic heterocycles. The van der Waals surface area contributed by atoms with E-state index in [9.17, 15) is 4.79 Å². The van der Waals surface area contributed by atoms with Crippen LogP contribution in [0.4, 0.5) is 0 Å². The van der Waals surface area contributed by atoms with Gasteiger partial charge in [0.15, 0.2) is 6.10 Å². The molecule has 3 heterocycles. The van der Waals surface area contributed by atoms with E-state index in [1.165, 1.54) is 0 Å². The van der Waals surface area contributed by atoms with Crippen LogP contribution in [0.15, 0.2) is 59.3 Å². The van der Waals surface area contributed by atoms with Gasteiger partial charge in [0.1, 0.15) is 5.69 Å². The zero-order chi connectivity index (χ0) is 19.3. The molecular weight excluding hydrogens is 356 g/mol. The van der Waals surface area contributed by atoms with Crippen LogP contribution in [-0.2, 0) is 9.53 Å². The second kappa shape index (κ2) is 8.31. The van der Waals surface area contributed by atoms with Crippen LogP contribution >= 0.6 is 0 Å². The van der Waals surface area contributed by atoms with Crippen molar-refractivity contribution in [1.29, 1.82) is 0 Å². The summed E-state index contributed by atoms with van der Waals surface area (Å²) in [5, 5.41) is 4.05. The summed E-state index contributed by atoms with van der Waals surface area (Å²) >= 11 is 0. The highest BCUT2D eigenvalue weighted by atomic mass is 16.5. The number of amides is 1. The third kappa shape index (κ3) is 3.80. The molecule has 0 unspecified atom stereocenters. The minimum Gasteiger partial charge on any atom is -0.367 e. The van der Waals surface area contributed by atoms with Crippen molar-refractivity contribution in [2.75, 3.05) is 20.2 Å². The molecular formula is C21H22N4O3. The summed E-state index contributed by atoms with van der Waals surface area (Å²) in [4.78, 5) is 23.5. The number of hydrogen-bond acceptors (Lipinski definition) is 6. The Kier molecular flexibility index (Phi) is 5.43. The number of benzene rings is 1. The first kappa shape index (κ1) is 18.3. The van der Waals surface area contributed by atoms with Gasteiger partial charge in [-0.15, -0.1) is 0 Å². The lowest BCUT2D eigenvalue weighted by Crippen LogP contribution is -2.41. The van der Waals surface area contributed by atoms with Crippen LogP contribution in [-0.4, -0.2) is 46.1 Å². The van der Waals surface area contributed by atoms with E-state index in [1.54, 1.807) is 13.3 Å². The van der Waals surface area contributed by atoms with Crippen LogP contribution in [0.5, 0.6) is 0 Å². The van der Waals surface area contributed by atoms with Crippen molar-refractivity contribution in [3.05, 3.63) is 66.2 Å². The molecule has 0 N–H and O–H groups in total. The quantitative estimate of drug-likeness (QED) is 0.678. The van der Waals surface area contributed by atoms with E-state index in [0.29, 0.717) is 30.5 Å². The van der Waals surface area contributed by atoms with Gasteiger partial charge in [0.25, 0.3) is 5.91 Å². The van der Waals surface area contributed by atoms with Crippen molar-refractivity contribution in [2.45, 2.75) is 24.9 Å². The fraction of sp³-hybridized carbons (Fsp3) is 0.333. The highest BCUT2D eigenvalue weighted by molar-refractivity contribution is 5.82. The fourth-order valence-corrected chi connectivity index (χ4v) is 3.52. The zero-order valence-electron chi connectivity index (χ0n) is 15.7. The van der Waals surface area contributed by atoms with Gasteiger partial charge in [0.2, 0.25) is 11.7 Å². The van der Waals surface area contributed by atoms with Crippen molar-refractivity contribution >= 4 is 5.91 Å². The van der Waals surface area contributed by atoms with E-state index in [1.807, 2.05) is 53.4 Å². The van der Waals surface area contributed by atoms with E-state index in [4.69, 9.17) is 9.26 Å². The van der Waals surface area contributed by atoms with E-state index in [0.717, 1.165) is 18.4 Å². The number of methoxy groups -OCH3 is 1. The Labute approximate surface area is 163 Å². The summed E-state index contributed by atoms with van der Waals surface area (Å²) in [5.74, 6) is 1.25. The molecule has 1 atom stereocenters. The van der Waals surface area contributed by atoms with Crippen LogP contribution in [0.3, 0.4) is 0 Å². The lowest BCUT2D eigenvalue weighted by Gasteiger charge is -2.32. The van der Waals surface area contributed by atoms with Crippen molar-refractivity contribution < 1.29 is 14.1 Å². The number of pyridine rings is 1. The maximum Gasteiger partial charge on any atom is 0.256 e. The van der Waals surface area contributed by atoms with Gasteiger partial charge >= 0.3 is 0 Å². The van der Waals surface area contributed by atoms with Gasteiger partial charge in [-0.2, -0.15) is 4.98 Å². The highest BCUT2D eigenvalue weighted by Gasteiger charge is 2.31. The van der Waals surface area contributed by atoms with Gasteiger partial charge in [-0.3, -0.25) is 9.78 Å². The van der Waals surface area contributed by atoms with Crippen LogP contribution in [0.1, 0.15) is 36.3 Å². The molecule has 1 amide bonds. The Bertz CT molecular complexity index is 906. The number of hydrogen-bond donors (Lipinski definition) is 0. The molecule has 7 heteroatoms. The number of carbonyl (C=O) groups is 1. The third-order valence-corrected chi connectivity index (χ3v) is 5.05. The average Bonchev–Trinajstić information content (AvgIpc) is 3.26. The monoisotopic (exact) mass is 378 g/mol. The third-order valence-electron chi connectivity index (χ3n) is 5.05. The number of ether oxygens (including phenoxy) is 1. The second-order valence-corrected chi connectivity index (χ2v) is 6.80. The normalized spacial score (nSPS) is 16.1. The van der Waals surface area contributed by atoms with Crippen LogP contribution in [0, 0.1) is 0 Å². The molecule has 0 aliphatic carbocycles. The zero-order valence-corrected chi connectivity index (χ0v) is 15.7. The summed E-state index contributed by atoms with van der Waals surface area (Å²) in [7, 11) is 1.57. The Morgan fingerprint density at radius 2 is 1.89 bits per heavy atom. The van der Waals surface area contributed by atoms with Crippen LogP contribution in [0.2, 0.25) is 0 Å². The molecule has 144 valence electrons. The van der Waals surface area contributed by atoms with Gasteiger partial charge in [-0.25, -0.2) is 0 Å². The maximum atomic E-state index is 12.9. The van der Waals surface area contributed by atoms with Crippen LogP contribution in [0.25, 0.3) is 11.5 Å². The standard InChI is InChI=1S/C21H22N4O3/c1-27-18(15-7-3-2-4-8-15)21(26)25-13-10-16(11-14-25)20-23-19(24-28-20)17-9-5-6-12-22-17/h2-9,12,16,18H,10-11,13-14H2,1H3/t18-/m1/s1. The molecule has 0 spiro atoms. The first-order valence-corrected chi connectivity index (χ1v) is 9.38. The minimum absolute atomic E-state index is 0.00754. The van der Waals surface area contributed by atoms with Gasteiger partial charge < -0.3 is 14.2 Å². The molecule has 28 heavy (non-hydrogen) atoms. The molecule has 4 rings (SSSR count). The van der Waals surface area contributed by atoms with Crippen LogP contribution < -0.4 is 0 Å². The molecule has 1 aliphatic rings.